The number of carbonyl (C=O) groups excluding carboxylic acids is 2. The largest absolute Gasteiger partial charge is 0.397 e. The van der Waals surface area contributed by atoms with Gasteiger partial charge in [0, 0.05) is 0 Å². The molecule has 4 nitrogen and oxygen atoms in total. The number of nitrogens with two attached hydrogens (primary N) is 1. The molecule has 1 heterocycles. The highest BCUT2D eigenvalue weighted by Gasteiger charge is 2.39. The van der Waals surface area contributed by atoms with Gasteiger partial charge >= 0.3 is 0 Å². The van der Waals surface area contributed by atoms with E-state index in [-0.39, 0.29) is 11.8 Å². The zero-order valence-electron chi connectivity index (χ0n) is 11.6. The van der Waals surface area contributed by atoms with E-state index in [0.717, 1.165) is 16.0 Å². The summed E-state index contributed by atoms with van der Waals surface area (Å²) in [5.41, 5.74) is 9.04. The van der Waals surface area contributed by atoms with E-state index in [0.29, 0.717) is 27.5 Å². The summed E-state index contributed by atoms with van der Waals surface area (Å²) < 4.78 is 0. The predicted molar refractivity (Wildman–Crippen MR) is 82.9 cm³/mol. The van der Waals surface area contributed by atoms with Gasteiger partial charge in [-0.1, -0.05) is 23.7 Å². The minimum Gasteiger partial charge on any atom is -0.397 e. The number of hydrogen-bond donors (Lipinski definition) is 1. The number of benzene rings is 2. The summed E-state index contributed by atoms with van der Waals surface area (Å²) in [4.78, 5) is 26.4. The van der Waals surface area contributed by atoms with E-state index in [1.807, 2.05) is 26.0 Å². The quantitative estimate of drug-likeness (QED) is 0.649. The van der Waals surface area contributed by atoms with Crippen molar-refractivity contribution in [3.63, 3.8) is 0 Å². The number of carbonyl (C=O) groups is 2. The van der Waals surface area contributed by atoms with Crippen LogP contribution in [0.4, 0.5) is 11.4 Å². The first-order valence-corrected chi connectivity index (χ1v) is 6.83. The van der Waals surface area contributed by atoms with Crippen LogP contribution in [0.3, 0.4) is 0 Å². The van der Waals surface area contributed by atoms with Gasteiger partial charge < -0.3 is 5.73 Å². The van der Waals surface area contributed by atoms with Crippen molar-refractivity contribution in [1.82, 2.24) is 0 Å². The SMILES string of the molecule is Cc1ccc(C)c2c1C(=O)N(c1ccc(Cl)c(N)c1)C2=O. The minimum absolute atomic E-state index is 0.321. The molecule has 0 spiro atoms. The molecule has 3 rings (SSSR count). The molecule has 2 N–H and O–H groups in total. The Balaban J connectivity index is 2.18. The zero-order chi connectivity index (χ0) is 15.3. The standard InChI is InChI=1S/C16H13ClN2O2/c1-8-3-4-9(2)14-13(8)15(20)19(16(14)21)10-5-6-11(17)12(18)7-10/h3-7H,18H2,1-2H3. The number of halogens is 1. The van der Waals surface area contributed by atoms with Crippen molar-refractivity contribution in [1.29, 1.82) is 0 Å². The summed E-state index contributed by atoms with van der Waals surface area (Å²) in [5, 5.41) is 0.391. The van der Waals surface area contributed by atoms with E-state index in [4.69, 9.17) is 17.3 Å². The van der Waals surface area contributed by atoms with Gasteiger partial charge in [0.25, 0.3) is 11.8 Å². The van der Waals surface area contributed by atoms with Gasteiger partial charge in [-0.15, -0.1) is 0 Å². The molecule has 0 saturated heterocycles. The summed E-state index contributed by atoms with van der Waals surface area (Å²) in [7, 11) is 0. The number of nitrogen functional groups attached to an aromatic ring is 1. The van der Waals surface area contributed by atoms with Gasteiger partial charge in [-0.3, -0.25) is 9.59 Å². The zero-order valence-corrected chi connectivity index (χ0v) is 12.4. The van der Waals surface area contributed by atoms with E-state index in [1.54, 1.807) is 12.1 Å². The second kappa shape index (κ2) is 4.60. The van der Waals surface area contributed by atoms with Gasteiger partial charge in [-0.25, -0.2) is 4.90 Å². The minimum atomic E-state index is -0.321. The highest BCUT2D eigenvalue weighted by Crippen LogP contribution is 2.34. The van der Waals surface area contributed by atoms with E-state index in [9.17, 15) is 9.59 Å². The molecule has 0 atom stereocenters. The van der Waals surface area contributed by atoms with Crippen LogP contribution in [-0.4, -0.2) is 11.8 Å². The van der Waals surface area contributed by atoms with Gasteiger partial charge in [0.2, 0.25) is 0 Å². The lowest BCUT2D eigenvalue weighted by Crippen LogP contribution is -2.29. The second-order valence-corrected chi connectivity index (χ2v) is 5.51. The number of imide groups is 1. The molecule has 2 amide bonds. The normalized spacial score (nSPS) is 13.8. The molecule has 0 aliphatic carbocycles. The van der Waals surface area contributed by atoms with Crippen LogP contribution in [0.1, 0.15) is 31.8 Å². The fourth-order valence-corrected chi connectivity index (χ4v) is 2.70. The van der Waals surface area contributed by atoms with Crippen LogP contribution in [-0.2, 0) is 0 Å². The number of nitrogens with zero attached hydrogens (tertiary/aromatic N) is 1. The molecule has 21 heavy (non-hydrogen) atoms. The van der Waals surface area contributed by atoms with Crippen LogP contribution in [0, 0.1) is 13.8 Å². The monoisotopic (exact) mass is 300 g/mol. The second-order valence-electron chi connectivity index (χ2n) is 5.10. The van der Waals surface area contributed by atoms with E-state index >= 15 is 0 Å². The molecule has 1 aliphatic rings. The van der Waals surface area contributed by atoms with Gasteiger partial charge in [0.1, 0.15) is 0 Å². The van der Waals surface area contributed by atoms with Crippen molar-refractivity contribution >= 4 is 34.8 Å². The summed E-state index contributed by atoms with van der Waals surface area (Å²) in [6, 6.07) is 8.42. The smallest absolute Gasteiger partial charge is 0.266 e. The Bertz CT molecular complexity index is 758. The third kappa shape index (κ3) is 1.91. The summed E-state index contributed by atoms with van der Waals surface area (Å²) in [6.45, 7) is 3.65. The maximum Gasteiger partial charge on any atom is 0.266 e. The molecular weight excluding hydrogens is 288 g/mol. The lowest BCUT2D eigenvalue weighted by Gasteiger charge is -2.15. The average Bonchev–Trinajstić information content (AvgIpc) is 2.70. The fourth-order valence-electron chi connectivity index (χ4n) is 2.58. The Hall–Kier alpha value is -2.33. The molecular formula is C16H13ClN2O2. The maximum absolute atomic E-state index is 12.6. The number of fused-ring (bicyclic) bond motifs is 1. The lowest BCUT2D eigenvalue weighted by atomic mass is 9.99. The topological polar surface area (TPSA) is 63.4 Å². The van der Waals surface area contributed by atoms with Crippen molar-refractivity contribution in [3.05, 3.63) is 57.6 Å². The van der Waals surface area contributed by atoms with Gasteiger partial charge in [-0.05, 0) is 43.2 Å². The first-order valence-electron chi connectivity index (χ1n) is 6.46. The Morgan fingerprint density at radius 1 is 0.952 bits per heavy atom. The molecule has 0 unspecified atom stereocenters. The van der Waals surface area contributed by atoms with Crippen LogP contribution in [0.15, 0.2) is 30.3 Å². The van der Waals surface area contributed by atoms with Gasteiger partial charge in [-0.2, -0.15) is 0 Å². The van der Waals surface area contributed by atoms with Crippen LogP contribution in [0.2, 0.25) is 5.02 Å². The molecule has 0 bridgehead atoms. The van der Waals surface area contributed by atoms with Crippen LogP contribution < -0.4 is 10.6 Å². The van der Waals surface area contributed by atoms with E-state index in [2.05, 4.69) is 0 Å². The van der Waals surface area contributed by atoms with Crippen LogP contribution in [0.25, 0.3) is 0 Å². The van der Waals surface area contributed by atoms with Crippen LogP contribution in [0.5, 0.6) is 0 Å². The molecule has 0 aromatic heterocycles. The Kier molecular flexibility index (Phi) is 2.99. The number of rotatable bonds is 1. The number of aryl methyl sites for hydroxylation is 2. The molecule has 0 saturated carbocycles. The number of amides is 2. The molecule has 0 fully saturated rings. The van der Waals surface area contributed by atoms with Crippen LogP contribution >= 0.6 is 11.6 Å². The summed E-state index contributed by atoms with van der Waals surface area (Å²) >= 11 is 5.89. The van der Waals surface area contributed by atoms with Gasteiger partial charge in [0.05, 0.1) is 27.5 Å². The highest BCUT2D eigenvalue weighted by molar-refractivity contribution is 6.36. The molecule has 2 aromatic rings. The molecule has 5 heteroatoms. The number of hydrogen-bond acceptors (Lipinski definition) is 3. The molecule has 1 aliphatic heterocycles. The fraction of sp³-hybridized carbons (Fsp3) is 0.125. The summed E-state index contributed by atoms with van der Waals surface area (Å²) in [6.07, 6.45) is 0. The Morgan fingerprint density at radius 3 is 1.95 bits per heavy atom. The summed E-state index contributed by atoms with van der Waals surface area (Å²) in [5.74, 6) is -0.643. The molecule has 2 aromatic carbocycles. The third-order valence-electron chi connectivity index (χ3n) is 3.69. The van der Waals surface area contributed by atoms with Crippen molar-refractivity contribution in [2.45, 2.75) is 13.8 Å². The Labute approximate surface area is 127 Å². The lowest BCUT2D eigenvalue weighted by molar-refractivity contribution is 0.0926. The van der Waals surface area contributed by atoms with Crippen molar-refractivity contribution in [2.75, 3.05) is 10.6 Å². The predicted octanol–water partition coefficient (Wildman–Crippen LogP) is 3.34. The van der Waals surface area contributed by atoms with E-state index in [1.165, 1.54) is 6.07 Å². The van der Waals surface area contributed by atoms with Crippen molar-refractivity contribution < 1.29 is 9.59 Å². The molecule has 106 valence electrons. The first kappa shape index (κ1) is 13.6. The maximum atomic E-state index is 12.6. The van der Waals surface area contributed by atoms with Crippen molar-refractivity contribution in [2.24, 2.45) is 0 Å². The average molecular weight is 301 g/mol. The number of anilines is 2. The Morgan fingerprint density at radius 2 is 1.48 bits per heavy atom. The van der Waals surface area contributed by atoms with Gasteiger partial charge in [0.15, 0.2) is 0 Å². The molecule has 0 radical (unpaired) electrons. The van der Waals surface area contributed by atoms with E-state index < -0.39 is 0 Å². The van der Waals surface area contributed by atoms with Crippen molar-refractivity contribution in [3.8, 4) is 0 Å². The first-order chi connectivity index (χ1) is 9.91. The highest BCUT2D eigenvalue weighted by atomic mass is 35.5. The third-order valence-corrected chi connectivity index (χ3v) is 4.04.